The molecule has 1 aliphatic rings. The number of piperidine rings is 1. The lowest BCUT2D eigenvalue weighted by atomic mass is 9.97. The molecular weight excluding hydrogens is 248 g/mol. The summed E-state index contributed by atoms with van der Waals surface area (Å²) in [5.74, 6) is 0.938. The van der Waals surface area contributed by atoms with Crippen LogP contribution in [0.3, 0.4) is 0 Å². The van der Waals surface area contributed by atoms with Crippen LogP contribution in [0.4, 0.5) is 0 Å². The van der Waals surface area contributed by atoms with Crippen LogP contribution in [0.5, 0.6) is 5.75 Å². The Hall–Kier alpha value is -1.06. The van der Waals surface area contributed by atoms with Crippen LogP contribution in [0.2, 0.25) is 0 Å². The third kappa shape index (κ3) is 4.22. The molecule has 0 aromatic heterocycles. The van der Waals surface area contributed by atoms with Crippen LogP contribution >= 0.6 is 0 Å². The molecular formula is C17H28N2O. The first-order valence-corrected chi connectivity index (χ1v) is 7.88. The Morgan fingerprint density at radius 1 is 1.25 bits per heavy atom. The van der Waals surface area contributed by atoms with Crippen LogP contribution in [0, 0.1) is 0 Å². The van der Waals surface area contributed by atoms with E-state index in [2.05, 4.69) is 18.7 Å². The Labute approximate surface area is 123 Å². The van der Waals surface area contributed by atoms with Crippen LogP contribution in [-0.4, -0.2) is 30.1 Å². The smallest absolute Gasteiger partial charge is 0.119 e. The Bertz CT molecular complexity index is 398. The highest BCUT2D eigenvalue weighted by atomic mass is 16.5. The van der Waals surface area contributed by atoms with Crippen molar-refractivity contribution in [3.63, 3.8) is 0 Å². The van der Waals surface area contributed by atoms with Gasteiger partial charge < -0.3 is 10.5 Å². The summed E-state index contributed by atoms with van der Waals surface area (Å²) in [4.78, 5) is 2.63. The first-order valence-electron chi connectivity index (χ1n) is 7.88. The second-order valence-electron chi connectivity index (χ2n) is 5.92. The van der Waals surface area contributed by atoms with Gasteiger partial charge in [0.1, 0.15) is 5.75 Å². The maximum Gasteiger partial charge on any atom is 0.119 e. The van der Waals surface area contributed by atoms with Gasteiger partial charge in [-0.15, -0.1) is 0 Å². The fourth-order valence-corrected chi connectivity index (χ4v) is 3.11. The first-order chi connectivity index (χ1) is 9.70. The molecule has 2 atom stereocenters. The van der Waals surface area contributed by atoms with E-state index < -0.39 is 0 Å². The number of rotatable bonds is 6. The summed E-state index contributed by atoms with van der Waals surface area (Å²) in [6.07, 6.45) is 5.14. The van der Waals surface area contributed by atoms with Crippen molar-refractivity contribution in [3.05, 3.63) is 29.8 Å². The molecule has 0 amide bonds. The second-order valence-corrected chi connectivity index (χ2v) is 5.92. The van der Waals surface area contributed by atoms with Gasteiger partial charge in [-0.1, -0.05) is 18.6 Å². The summed E-state index contributed by atoms with van der Waals surface area (Å²) in [7, 11) is 0. The quantitative estimate of drug-likeness (QED) is 0.811. The number of hydrogen-bond donors (Lipinski definition) is 1. The van der Waals surface area contributed by atoms with Gasteiger partial charge in [0.25, 0.3) is 0 Å². The van der Waals surface area contributed by atoms with Crippen LogP contribution in [0.1, 0.15) is 45.1 Å². The molecule has 1 heterocycles. The van der Waals surface area contributed by atoms with Crippen molar-refractivity contribution >= 4 is 0 Å². The summed E-state index contributed by atoms with van der Waals surface area (Å²) in [5, 5.41) is 0. The van der Waals surface area contributed by atoms with Gasteiger partial charge >= 0.3 is 0 Å². The average molecular weight is 276 g/mol. The third-order valence-electron chi connectivity index (χ3n) is 4.34. The molecule has 0 spiro atoms. The van der Waals surface area contributed by atoms with Gasteiger partial charge in [-0.05, 0) is 50.8 Å². The van der Waals surface area contributed by atoms with Crippen molar-refractivity contribution in [1.82, 2.24) is 4.90 Å². The van der Waals surface area contributed by atoms with E-state index in [1.807, 2.05) is 24.3 Å². The molecule has 1 aliphatic heterocycles. The molecule has 3 nitrogen and oxygen atoms in total. The van der Waals surface area contributed by atoms with Gasteiger partial charge in [-0.3, -0.25) is 4.90 Å². The number of likely N-dealkylation sites (tertiary alicyclic amines) is 1. The van der Waals surface area contributed by atoms with Gasteiger partial charge in [-0.2, -0.15) is 0 Å². The van der Waals surface area contributed by atoms with Crippen molar-refractivity contribution in [2.45, 2.75) is 58.2 Å². The van der Waals surface area contributed by atoms with E-state index in [1.165, 1.54) is 19.3 Å². The summed E-state index contributed by atoms with van der Waals surface area (Å²) >= 11 is 0. The predicted octanol–water partition coefficient (Wildman–Crippen LogP) is 3.18. The molecule has 3 heteroatoms. The van der Waals surface area contributed by atoms with Crippen molar-refractivity contribution in [2.75, 3.05) is 13.2 Å². The highest BCUT2D eigenvalue weighted by molar-refractivity contribution is 5.28. The molecule has 0 radical (unpaired) electrons. The van der Waals surface area contributed by atoms with E-state index in [-0.39, 0.29) is 0 Å². The summed E-state index contributed by atoms with van der Waals surface area (Å²) in [6.45, 7) is 7.19. The van der Waals surface area contributed by atoms with Crippen molar-refractivity contribution in [3.8, 4) is 5.75 Å². The number of ether oxygens (including phenoxy) is 1. The van der Waals surface area contributed by atoms with Crippen LogP contribution < -0.4 is 10.5 Å². The van der Waals surface area contributed by atoms with E-state index in [9.17, 15) is 0 Å². The first kappa shape index (κ1) is 15.3. The lowest BCUT2D eigenvalue weighted by Crippen LogP contribution is -2.44. The Kier molecular flexibility index (Phi) is 5.86. The molecule has 1 aromatic rings. The number of benzene rings is 1. The lowest BCUT2D eigenvalue weighted by molar-refractivity contribution is 0.0961. The zero-order chi connectivity index (χ0) is 14.4. The van der Waals surface area contributed by atoms with E-state index >= 15 is 0 Å². The van der Waals surface area contributed by atoms with Gasteiger partial charge in [-0.25, -0.2) is 0 Å². The molecule has 0 unspecified atom stereocenters. The van der Waals surface area contributed by atoms with Gasteiger partial charge in [0.05, 0.1) is 6.61 Å². The lowest BCUT2D eigenvalue weighted by Gasteiger charge is -2.39. The monoisotopic (exact) mass is 276 g/mol. The Balaban J connectivity index is 1.72. The Morgan fingerprint density at radius 3 is 2.70 bits per heavy atom. The maximum absolute atomic E-state index is 5.83. The largest absolute Gasteiger partial charge is 0.494 e. The number of hydrogen-bond acceptors (Lipinski definition) is 3. The minimum atomic E-state index is 0.569. The number of nitrogens with zero attached hydrogens (tertiary/aromatic N) is 1. The van der Waals surface area contributed by atoms with E-state index in [1.54, 1.807) is 0 Å². The molecule has 0 aliphatic carbocycles. The normalized spacial score (nSPS) is 23.8. The van der Waals surface area contributed by atoms with Gasteiger partial charge in [0, 0.05) is 25.2 Å². The molecule has 2 rings (SSSR count). The summed E-state index contributed by atoms with van der Waals surface area (Å²) in [5.41, 5.74) is 6.77. The maximum atomic E-state index is 5.83. The van der Waals surface area contributed by atoms with Crippen LogP contribution in [0.25, 0.3) is 0 Å². The highest BCUT2D eigenvalue weighted by Crippen LogP contribution is 2.22. The van der Waals surface area contributed by atoms with Crippen molar-refractivity contribution in [2.24, 2.45) is 5.73 Å². The molecule has 1 fully saturated rings. The minimum Gasteiger partial charge on any atom is -0.494 e. The predicted molar refractivity (Wildman–Crippen MR) is 83.9 cm³/mol. The molecule has 20 heavy (non-hydrogen) atoms. The fraction of sp³-hybridized carbons (Fsp3) is 0.647. The highest BCUT2D eigenvalue weighted by Gasteiger charge is 2.23. The molecule has 112 valence electrons. The van der Waals surface area contributed by atoms with Crippen molar-refractivity contribution in [1.29, 1.82) is 0 Å². The average Bonchev–Trinajstić information content (AvgIpc) is 2.46. The fourth-order valence-electron chi connectivity index (χ4n) is 3.11. The molecule has 0 bridgehead atoms. The number of nitrogens with two attached hydrogens (primary N) is 1. The Morgan fingerprint density at radius 2 is 2.00 bits per heavy atom. The van der Waals surface area contributed by atoms with Gasteiger partial charge in [0.15, 0.2) is 0 Å². The third-order valence-corrected chi connectivity index (χ3v) is 4.34. The second kappa shape index (κ2) is 7.65. The standard InChI is InChI=1S/C17H28N2O/c1-14-6-3-7-15(2)19(14)10-5-11-20-17-9-4-8-16(12-17)13-18/h4,8-9,12,14-15H,3,5-7,10-11,13,18H2,1-2H3/t14-,15+. The van der Waals surface area contributed by atoms with Crippen LogP contribution in [0.15, 0.2) is 24.3 Å². The van der Waals surface area contributed by atoms with Gasteiger partial charge in [0.2, 0.25) is 0 Å². The zero-order valence-corrected chi connectivity index (χ0v) is 12.8. The molecule has 2 N–H and O–H groups in total. The topological polar surface area (TPSA) is 38.5 Å². The SMILES string of the molecule is C[C@@H]1CCC[C@H](C)N1CCCOc1cccc(CN)c1. The van der Waals surface area contributed by atoms with E-state index in [0.29, 0.717) is 6.54 Å². The summed E-state index contributed by atoms with van der Waals surface area (Å²) < 4.78 is 5.83. The minimum absolute atomic E-state index is 0.569. The molecule has 1 saturated heterocycles. The zero-order valence-electron chi connectivity index (χ0n) is 12.8. The molecule has 0 saturated carbocycles. The summed E-state index contributed by atoms with van der Waals surface area (Å²) in [6, 6.07) is 9.52. The molecule has 1 aromatic carbocycles. The van der Waals surface area contributed by atoms with E-state index in [4.69, 9.17) is 10.5 Å². The van der Waals surface area contributed by atoms with E-state index in [0.717, 1.165) is 43.0 Å². The van der Waals surface area contributed by atoms with Crippen LogP contribution in [-0.2, 0) is 6.54 Å². The van der Waals surface area contributed by atoms with Crippen molar-refractivity contribution < 1.29 is 4.74 Å².